The van der Waals surface area contributed by atoms with Crippen LogP contribution in [0, 0.1) is 0 Å². The van der Waals surface area contributed by atoms with E-state index in [1.807, 2.05) is 24.3 Å². The van der Waals surface area contributed by atoms with Gasteiger partial charge in [0, 0.05) is 32.5 Å². The summed E-state index contributed by atoms with van der Waals surface area (Å²) in [6.45, 7) is 0. The molecule has 1 N–H and O–H groups in total. The van der Waals surface area contributed by atoms with Gasteiger partial charge in [-0.25, -0.2) is 0 Å². The van der Waals surface area contributed by atoms with Crippen molar-refractivity contribution in [2.45, 2.75) is 6.23 Å². The van der Waals surface area contributed by atoms with Gasteiger partial charge in [-0.1, -0.05) is 97.1 Å². The van der Waals surface area contributed by atoms with Gasteiger partial charge in [-0.3, -0.25) is 0 Å². The third-order valence-electron chi connectivity index (χ3n) is 9.86. The molecule has 0 aliphatic carbocycles. The first-order valence-corrected chi connectivity index (χ1v) is 16.2. The van der Waals surface area contributed by atoms with Crippen molar-refractivity contribution in [1.82, 2.24) is 4.57 Å². The van der Waals surface area contributed by atoms with Crippen LogP contribution in [0.4, 0.5) is 5.69 Å². The molecule has 10 aromatic rings. The minimum absolute atomic E-state index is 0.421. The normalized spacial score (nSPS) is 14.4. The van der Waals surface area contributed by atoms with E-state index in [0.717, 1.165) is 88.7 Å². The zero-order valence-corrected chi connectivity index (χ0v) is 25.6. The van der Waals surface area contributed by atoms with Gasteiger partial charge >= 0.3 is 0 Å². The summed E-state index contributed by atoms with van der Waals surface area (Å²) < 4.78 is 22.3. The Kier molecular flexibility index (Phi) is 5.10. The van der Waals surface area contributed by atoms with E-state index in [4.69, 9.17) is 13.6 Å². The molecule has 11 rings (SSSR count). The molecule has 5 heteroatoms. The van der Waals surface area contributed by atoms with Crippen LogP contribution in [0.3, 0.4) is 0 Å². The van der Waals surface area contributed by atoms with Crippen LogP contribution in [0.25, 0.3) is 82.5 Å². The van der Waals surface area contributed by atoms with Crippen molar-refractivity contribution in [3.63, 3.8) is 0 Å². The Hall–Kier alpha value is -6.46. The third-order valence-corrected chi connectivity index (χ3v) is 9.86. The van der Waals surface area contributed by atoms with E-state index in [0.29, 0.717) is 0 Å². The fraction of sp³-hybridized carbons (Fsp3) is 0.0233. The van der Waals surface area contributed by atoms with Gasteiger partial charge in [-0.15, -0.1) is 0 Å². The monoisotopic (exact) mass is 618 g/mol. The van der Waals surface area contributed by atoms with Gasteiger partial charge in [0.15, 0.2) is 17.6 Å². The lowest BCUT2D eigenvalue weighted by Gasteiger charge is -2.16. The molecule has 0 bridgehead atoms. The zero-order valence-electron chi connectivity index (χ0n) is 25.6. The van der Waals surface area contributed by atoms with Crippen molar-refractivity contribution < 1.29 is 13.6 Å². The molecule has 1 aliphatic heterocycles. The molecule has 4 heterocycles. The summed E-state index contributed by atoms with van der Waals surface area (Å²) in [5.74, 6) is 0.802. The molecule has 226 valence electrons. The second kappa shape index (κ2) is 9.53. The van der Waals surface area contributed by atoms with Crippen LogP contribution in [0.5, 0.6) is 5.75 Å². The van der Waals surface area contributed by atoms with E-state index in [9.17, 15) is 0 Å². The van der Waals surface area contributed by atoms with Crippen LogP contribution in [-0.2, 0) is 0 Å². The zero-order chi connectivity index (χ0) is 31.3. The van der Waals surface area contributed by atoms with Crippen molar-refractivity contribution in [3.8, 4) is 22.6 Å². The summed E-state index contributed by atoms with van der Waals surface area (Å²) >= 11 is 0. The van der Waals surface area contributed by atoms with Crippen LogP contribution in [-0.4, -0.2) is 4.57 Å². The number of hydrogen-bond acceptors (Lipinski definition) is 4. The summed E-state index contributed by atoms with van der Waals surface area (Å²) in [7, 11) is 0. The van der Waals surface area contributed by atoms with Crippen LogP contribution < -0.4 is 10.1 Å². The molecule has 1 atom stereocenters. The van der Waals surface area contributed by atoms with Crippen molar-refractivity contribution >= 4 is 71.4 Å². The highest BCUT2D eigenvalue weighted by molar-refractivity contribution is 6.14. The summed E-state index contributed by atoms with van der Waals surface area (Å²) in [6.07, 6.45) is -0.421. The standard InChI is InChI=1S/C43H26N2O3/c1-2-10-25(11-3-1)26-18-19-30-38(24-26)46-37-23-21-32-41(40(30)37)48-43(44-32)31-20-22-35(42-39(31)29-14-6-9-17-36(29)47-42)45-33-15-7-4-12-27(33)28-13-5-8-16-34(28)45/h1-24,43-44H. The Balaban J connectivity index is 1.09. The average molecular weight is 619 g/mol. The van der Waals surface area contributed by atoms with Crippen molar-refractivity contribution in [1.29, 1.82) is 0 Å². The van der Waals surface area contributed by atoms with E-state index >= 15 is 0 Å². The molecule has 0 amide bonds. The first kappa shape index (κ1) is 25.7. The predicted octanol–water partition coefficient (Wildman–Crippen LogP) is 11.8. The van der Waals surface area contributed by atoms with Crippen LogP contribution in [0.1, 0.15) is 11.8 Å². The third kappa shape index (κ3) is 3.50. The average Bonchev–Trinajstić information content (AvgIpc) is 3.91. The maximum atomic E-state index is 6.87. The number of fused-ring (bicyclic) bond motifs is 11. The Morgan fingerprint density at radius 3 is 2.02 bits per heavy atom. The fourth-order valence-corrected chi connectivity index (χ4v) is 7.73. The molecule has 0 saturated carbocycles. The molecular formula is C43H26N2O3. The molecule has 0 fully saturated rings. The second-order valence-electron chi connectivity index (χ2n) is 12.5. The molecule has 3 aromatic heterocycles. The largest absolute Gasteiger partial charge is 0.463 e. The van der Waals surface area contributed by atoms with Gasteiger partial charge < -0.3 is 23.5 Å². The van der Waals surface area contributed by atoms with E-state index in [1.165, 1.54) is 10.8 Å². The van der Waals surface area contributed by atoms with Crippen LogP contribution >= 0.6 is 0 Å². The molecule has 48 heavy (non-hydrogen) atoms. The van der Waals surface area contributed by atoms with Gasteiger partial charge in [0.1, 0.15) is 16.7 Å². The van der Waals surface area contributed by atoms with E-state index in [1.54, 1.807) is 0 Å². The maximum Gasteiger partial charge on any atom is 0.197 e. The Morgan fingerprint density at radius 1 is 0.500 bits per heavy atom. The Labute approximate surface area is 274 Å². The summed E-state index contributed by atoms with van der Waals surface area (Å²) in [5.41, 5.74) is 10.8. The van der Waals surface area contributed by atoms with Crippen molar-refractivity contribution in [2.24, 2.45) is 0 Å². The predicted molar refractivity (Wildman–Crippen MR) is 194 cm³/mol. The Morgan fingerprint density at radius 2 is 1.21 bits per heavy atom. The molecule has 1 aliphatic rings. The van der Waals surface area contributed by atoms with Gasteiger partial charge in [0.05, 0.1) is 27.8 Å². The lowest BCUT2D eigenvalue weighted by atomic mass is 10.0. The van der Waals surface area contributed by atoms with Gasteiger partial charge in [-0.2, -0.15) is 0 Å². The van der Waals surface area contributed by atoms with Crippen LogP contribution in [0.15, 0.2) is 154 Å². The topological polar surface area (TPSA) is 52.5 Å². The first-order chi connectivity index (χ1) is 23.8. The fourth-order valence-electron chi connectivity index (χ4n) is 7.73. The quantitative estimate of drug-likeness (QED) is 0.214. The minimum atomic E-state index is -0.421. The first-order valence-electron chi connectivity index (χ1n) is 16.2. The Bertz CT molecular complexity index is 2860. The van der Waals surface area contributed by atoms with Gasteiger partial charge in [0.25, 0.3) is 0 Å². The summed E-state index contributed by atoms with van der Waals surface area (Å²) in [6, 6.07) is 50.6. The van der Waals surface area contributed by atoms with Gasteiger partial charge in [0.2, 0.25) is 0 Å². The van der Waals surface area contributed by atoms with Crippen molar-refractivity contribution in [2.75, 3.05) is 5.32 Å². The molecule has 7 aromatic carbocycles. The van der Waals surface area contributed by atoms with E-state index in [-0.39, 0.29) is 0 Å². The molecule has 0 radical (unpaired) electrons. The van der Waals surface area contributed by atoms with Crippen molar-refractivity contribution in [3.05, 3.63) is 151 Å². The van der Waals surface area contributed by atoms with Gasteiger partial charge in [-0.05, 0) is 59.7 Å². The summed E-state index contributed by atoms with van der Waals surface area (Å²) in [4.78, 5) is 0. The van der Waals surface area contributed by atoms with E-state index in [2.05, 4.69) is 131 Å². The number of rotatable bonds is 3. The molecule has 5 nitrogen and oxygen atoms in total. The SMILES string of the molecule is c1ccc(-c2ccc3c(c2)oc2ccc4c(c23)OC(c2ccc(-n3c5ccccc5c5ccccc53)c3oc5ccccc5c23)N4)cc1. The minimum Gasteiger partial charge on any atom is -0.463 e. The molecule has 0 spiro atoms. The number of nitrogens with zero attached hydrogens (tertiary/aromatic N) is 1. The number of para-hydroxylation sites is 3. The number of anilines is 1. The lowest BCUT2D eigenvalue weighted by Crippen LogP contribution is -2.11. The highest BCUT2D eigenvalue weighted by Gasteiger charge is 2.31. The number of hydrogen-bond donors (Lipinski definition) is 1. The highest BCUT2D eigenvalue weighted by Crippen LogP contribution is 2.49. The van der Waals surface area contributed by atoms with Crippen LogP contribution in [0.2, 0.25) is 0 Å². The second-order valence-corrected chi connectivity index (χ2v) is 12.5. The number of furan rings is 2. The maximum absolute atomic E-state index is 6.87. The van der Waals surface area contributed by atoms with E-state index < -0.39 is 6.23 Å². The summed E-state index contributed by atoms with van der Waals surface area (Å²) in [5, 5.41) is 10.2. The highest BCUT2D eigenvalue weighted by atomic mass is 16.5. The molecule has 0 saturated heterocycles. The lowest BCUT2D eigenvalue weighted by molar-refractivity contribution is 0.264. The smallest absolute Gasteiger partial charge is 0.197 e. The number of nitrogens with one attached hydrogen (secondary N) is 1. The molecular weight excluding hydrogens is 592 g/mol. The number of aromatic nitrogens is 1. The number of benzene rings is 7. The molecule has 1 unspecified atom stereocenters. The number of ether oxygens (including phenoxy) is 1.